The molecule has 0 unspecified atom stereocenters. The molecular formula is C30H22N2. The Hall–Kier alpha value is -3.91. The van der Waals surface area contributed by atoms with Crippen molar-refractivity contribution < 1.29 is 0 Å². The molecule has 0 amide bonds. The van der Waals surface area contributed by atoms with E-state index in [1.54, 1.807) is 0 Å². The molecule has 0 saturated heterocycles. The molecule has 6 aromatic rings. The van der Waals surface area contributed by atoms with Gasteiger partial charge in [0.15, 0.2) is 0 Å². The van der Waals surface area contributed by atoms with Gasteiger partial charge in [0, 0.05) is 27.8 Å². The van der Waals surface area contributed by atoms with E-state index in [2.05, 4.69) is 114 Å². The molecule has 0 atom stereocenters. The standard InChI is InChI=1S/C30H22N2/c1-30(2)24-12-6-3-9-19(24)21-15-16-22-20-10-5-8-14-26(20)32(29(22)28(21)30)27-17-18-31-25-13-7-4-11-23(25)27/h3-18H,1-2H3. The van der Waals surface area contributed by atoms with Gasteiger partial charge in [0.1, 0.15) is 0 Å². The summed E-state index contributed by atoms with van der Waals surface area (Å²) in [7, 11) is 0. The Morgan fingerprint density at radius 1 is 0.656 bits per heavy atom. The van der Waals surface area contributed by atoms with Gasteiger partial charge in [-0.15, -0.1) is 0 Å². The summed E-state index contributed by atoms with van der Waals surface area (Å²) in [6.07, 6.45) is 1.93. The fourth-order valence-electron chi connectivity index (χ4n) is 5.84. The van der Waals surface area contributed by atoms with E-state index in [0.29, 0.717) is 0 Å². The fourth-order valence-corrected chi connectivity index (χ4v) is 5.84. The van der Waals surface area contributed by atoms with E-state index in [1.807, 2.05) is 6.20 Å². The molecule has 2 nitrogen and oxygen atoms in total. The second kappa shape index (κ2) is 6.08. The normalized spacial score (nSPS) is 14.2. The van der Waals surface area contributed by atoms with Gasteiger partial charge in [-0.2, -0.15) is 0 Å². The molecule has 32 heavy (non-hydrogen) atoms. The summed E-state index contributed by atoms with van der Waals surface area (Å²) in [5, 5.41) is 3.77. The lowest BCUT2D eigenvalue weighted by atomic mass is 9.81. The number of benzene rings is 4. The van der Waals surface area contributed by atoms with Crippen LogP contribution in [0, 0.1) is 0 Å². The van der Waals surface area contributed by atoms with Crippen molar-refractivity contribution in [1.82, 2.24) is 9.55 Å². The molecule has 0 N–H and O–H groups in total. The number of hydrogen-bond donors (Lipinski definition) is 0. The van der Waals surface area contributed by atoms with Crippen LogP contribution in [-0.2, 0) is 5.41 Å². The van der Waals surface area contributed by atoms with Crippen LogP contribution in [0.15, 0.2) is 97.2 Å². The molecule has 1 aliphatic carbocycles. The zero-order valence-corrected chi connectivity index (χ0v) is 18.1. The topological polar surface area (TPSA) is 17.8 Å². The zero-order chi connectivity index (χ0) is 21.4. The number of hydrogen-bond acceptors (Lipinski definition) is 1. The molecule has 7 rings (SSSR count). The third kappa shape index (κ3) is 2.12. The first-order valence-electron chi connectivity index (χ1n) is 11.2. The van der Waals surface area contributed by atoms with Gasteiger partial charge in [0.2, 0.25) is 0 Å². The van der Waals surface area contributed by atoms with Crippen molar-refractivity contribution in [3.63, 3.8) is 0 Å². The van der Waals surface area contributed by atoms with Crippen LogP contribution in [0.1, 0.15) is 25.0 Å². The third-order valence-electron chi connectivity index (χ3n) is 7.22. The second-order valence-corrected chi connectivity index (χ2v) is 9.25. The Kier molecular flexibility index (Phi) is 3.37. The molecule has 2 heteroatoms. The van der Waals surface area contributed by atoms with Crippen LogP contribution in [0.25, 0.3) is 49.5 Å². The van der Waals surface area contributed by atoms with Crippen molar-refractivity contribution in [1.29, 1.82) is 0 Å². The van der Waals surface area contributed by atoms with E-state index in [-0.39, 0.29) is 5.41 Å². The number of pyridine rings is 1. The van der Waals surface area contributed by atoms with E-state index in [9.17, 15) is 0 Å². The minimum atomic E-state index is -0.0829. The van der Waals surface area contributed by atoms with E-state index in [1.165, 1.54) is 55.1 Å². The summed E-state index contributed by atoms with van der Waals surface area (Å²) >= 11 is 0. The predicted octanol–water partition coefficient (Wildman–Crippen LogP) is 7.64. The lowest BCUT2D eigenvalue weighted by Crippen LogP contribution is -2.16. The van der Waals surface area contributed by atoms with Crippen molar-refractivity contribution in [3.8, 4) is 16.8 Å². The summed E-state index contributed by atoms with van der Waals surface area (Å²) in [6.45, 7) is 4.73. The molecule has 0 fully saturated rings. The number of aromatic nitrogens is 2. The molecule has 1 aliphatic rings. The van der Waals surface area contributed by atoms with Crippen LogP contribution in [0.2, 0.25) is 0 Å². The molecule has 0 bridgehead atoms. The smallest absolute Gasteiger partial charge is 0.0723 e. The largest absolute Gasteiger partial charge is 0.308 e. The SMILES string of the molecule is CC1(C)c2ccccc2-c2ccc3c4ccccc4n(-c4ccnc5ccccc45)c3c21. The maximum Gasteiger partial charge on any atom is 0.0723 e. The van der Waals surface area contributed by atoms with Gasteiger partial charge in [-0.05, 0) is 40.5 Å². The highest BCUT2D eigenvalue weighted by Gasteiger charge is 2.38. The van der Waals surface area contributed by atoms with Crippen LogP contribution in [0.3, 0.4) is 0 Å². The molecule has 4 aromatic carbocycles. The van der Waals surface area contributed by atoms with Gasteiger partial charge >= 0.3 is 0 Å². The van der Waals surface area contributed by atoms with Gasteiger partial charge in [-0.25, -0.2) is 0 Å². The van der Waals surface area contributed by atoms with Crippen LogP contribution in [0.4, 0.5) is 0 Å². The maximum atomic E-state index is 4.63. The highest BCUT2D eigenvalue weighted by molar-refractivity contribution is 6.14. The molecule has 0 radical (unpaired) electrons. The van der Waals surface area contributed by atoms with Crippen molar-refractivity contribution >= 4 is 32.7 Å². The second-order valence-electron chi connectivity index (χ2n) is 9.25. The lowest BCUT2D eigenvalue weighted by molar-refractivity contribution is 0.664. The highest BCUT2D eigenvalue weighted by atomic mass is 15.0. The van der Waals surface area contributed by atoms with Crippen molar-refractivity contribution in [3.05, 3.63) is 108 Å². The van der Waals surface area contributed by atoms with Gasteiger partial charge in [0.05, 0.1) is 22.2 Å². The Morgan fingerprint density at radius 2 is 1.41 bits per heavy atom. The van der Waals surface area contributed by atoms with Gasteiger partial charge in [0.25, 0.3) is 0 Å². The van der Waals surface area contributed by atoms with E-state index in [4.69, 9.17) is 0 Å². The first-order chi connectivity index (χ1) is 15.7. The van der Waals surface area contributed by atoms with Crippen molar-refractivity contribution in [2.75, 3.05) is 0 Å². The monoisotopic (exact) mass is 410 g/mol. The van der Waals surface area contributed by atoms with Crippen LogP contribution in [0.5, 0.6) is 0 Å². The lowest BCUT2D eigenvalue weighted by Gasteiger charge is -2.24. The van der Waals surface area contributed by atoms with Gasteiger partial charge in [-0.3, -0.25) is 4.98 Å². The first kappa shape index (κ1) is 17.7. The highest BCUT2D eigenvalue weighted by Crippen LogP contribution is 2.52. The molecule has 152 valence electrons. The fraction of sp³-hybridized carbons (Fsp3) is 0.100. The Balaban J connectivity index is 1.73. The molecule has 2 aromatic heterocycles. The summed E-state index contributed by atoms with van der Waals surface area (Å²) in [4.78, 5) is 4.63. The average Bonchev–Trinajstić information content (AvgIpc) is 3.28. The van der Waals surface area contributed by atoms with Crippen LogP contribution < -0.4 is 0 Å². The van der Waals surface area contributed by atoms with Gasteiger partial charge < -0.3 is 4.57 Å². The van der Waals surface area contributed by atoms with E-state index < -0.39 is 0 Å². The van der Waals surface area contributed by atoms with Gasteiger partial charge in [-0.1, -0.05) is 86.6 Å². The molecule has 0 saturated carbocycles. The minimum absolute atomic E-state index is 0.0829. The number of rotatable bonds is 1. The molecule has 2 heterocycles. The van der Waals surface area contributed by atoms with Crippen LogP contribution >= 0.6 is 0 Å². The number of fused-ring (bicyclic) bond motifs is 8. The summed E-state index contributed by atoms with van der Waals surface area (Å²) in [5.41, 5.74) is 10.2. The average molecular weight is 411 g/mol. The maximum absolute atomic E-state index is 4.63. The van der Waals surface area contributed by atoms with E-state index in [0.717, 1.165) is 5.52 Å². The Morgan fingerprint density at radius 3 is 2.31 bits per heavy atom. The summed E-state index contributed by atoms with van der Waals surface area (Å²) < 4.78 is 2.47. The van der Waals surface area contributed by atoms with Crippen LogP contribution in [-0.4, -0.2) is 9.55 Å². The molecule has 0 spiro atoms. The number of nitrogens with zero attached hydrogens (tertiary/aromatic N) is 2. The van der Waals surface area contributed by atoms with Crippen molar-refractivity contribution in [2.45, 2.75) is 19.3 Å². The summed E-state index contributed by atoms with van der Waals surface area (Å²) in [6, 6.07) is 32.9. The Bertz CT molecular complexity index is 1700. The van der Waals surface area contributed by atoms with E-state index >= 15 is 0 Å². The third-order valence-corrected chi connectivity index (χ3v) is 7.22. The zero-order valence-electron chi connectivity index (χ0n) is 18.1. The first-order valence-corrected chi connectivity index (χ1v) is 11.2. The van der Waals surface area contributed by atoms with Crippen molar-refractivity contribution in [2.24, 2.45) is 0 Å². The molecule has 0 aliphatic heterocycles. The quantitative estimate of drug-likeness (QED) is 0.272. The number of para-hydroxylation sites is 2. The predicted molar refractivity (Wildman–Crippen MR) is 134 cm³/mol. The summed E-state index contributed by atoms with van der Waals surface area (Å²) in [5.74, 6) is 0. The Labute approximate surface area is 186 Å². The minimum Gasteiger partial charge on any atom is -0.308 e. The molecular weight excluding hydrogens is 388 g/mol.